The molecule has 0 unspecified atom stereocenters. The Bertz CT molecular complexity index is 621. The van der Waals surface area contributed by atoms with Crippen molar-refractivity contribution < 1.29 is 13.2 Å². The molecule has 1 aliphatic rings. The highest BCUT2D eigenvalue weighted by Crippen LogP contribution is 2.25. The predicted octanol–water partition coefficient (Wildman–Crippen LogP) is 2.94. The van der Waals surface area contributed by atoms with Crippen molar-refractivity contribution in [2.24, 2.45) is 0 Å². The van der Waals surface area contributed by atoms with E-state index in [1.807, 2.05) is 0 Å². The number of halogens is 1. The zero-order valence-electron chi connectivity index (χ0n) is 11.6. The maximum Gasteiger partial charge on any atom is 0.261 e. The first kappa shape index (κ1) is 15.3. The summed E-state index contributed by atoms with van der Waals surface area (Å²) >= 11 is 0. The summed E-state index contributed by atoms with van der Waals surface area (Å²) in [6, 6.07) is 4.65. The summed E-state index contributed by atoms with van der Waals surface area (Å²) in [6.45, 7) is 1.79. The van der Waals surface area contributed by atoms with Crippen LogP contribution in [0.25, 0.3) is 0 Å². The number of rotatable bonds is 3. The minimum absolute atomic E-state index is 0.0343. The van der Waals surface area contributed by atoms with Crippen molar-refractivity contribution in [3.8, 4) is 0 Å². The van der Waals surface area contributed by atoms with Crippen LogP contribution in [0.2, 0.25) is 0 Å². The van der Waals surface area contributed by atoms with Gasteiger partial charge in [0.05, 0.1) is 4.90 Å². The van der Waals surface area contributed by atoms with E-state index in [0.29, 0.717) is 5.56 Å². The van der Waals surface area contributed by atoms with E-state index in [1.54, 1.807) is 24.9 Å². The molecule has 1 aromatic rings. The number of aryl methyl sites for hydroxylation is 1. The molecule has 2 rings (SSSR count). The Labute approximate surface area is 124 Å². The number of hydrogen-bond donors (Lipinski definition) is 0. The average molecular weight is 316 g/mol. The first-order valence-corrected chi connectivity index (χ1v) is 8.94. The molecule has 110 valence electrons. The smallest absolute Gasteiger partial charge is 0.261 e. The monoisotopic (exact) mass is 315 g/mol. The van der Waals surface area contributed by atoms with Gasteiger partial charge in [0.15, 0.2) is 0 Å². The summed E-state index contributed by atoms with van der Waals surface area (Å²) in [6.07, 6.45) is 4.29. The van der Waals surface area contributed by atoms with Crippen LogP contribution in [0.15, 0.2) is 23.1 Å². The second-order valence-electron chi connectivity index (χ2n) is 5.27. The lowest BCUT2D eigenvalue weighted by atomic mass is 10.1. The van der Waals surface area contributed by atoms with Gasteiger partial charge in [0.2, 0.25) is 0 Å². The Morgan fingerprint density at radius 3 is 2.45 bits per heavy atom. The molecule has 0 radical (unpaired) electrons. The van der Waals surface area contributed by atoms with Gasteiger partial charge in [-0.3, -0.25) is 4.79 Å². The molecule has 1 aliphatic carbocycles. The van der Waals surface area contributed by atoms with Crippen LogP contribution in [0.1, 0.15) is 41.6 Å². The molecular formula is C14H18ClNO3S. The molecule has 0 spiro atoms. The fraction of sp³-hybridized carbons (Fsp3) is 0.500. The molecule has 0 N–H and O–H groups in total. The van der Waals surface area contributed by atoms with Gasteiger partial charge in [-0.2, -0.15) is 0 Å². The zero-order valence-corrected chi connectivity index (χ0v) is 13.2. The van der Waals surface area contributed by atoms with Gasteiger partial charge in [0.1, 0.15) is 0 Å². The third-order valence-electron chi connectivity index (χ3n) is 3.91. The lowest BCUT2D eigenvalue weighted by Crippen LogP contribution is -2.35. The van der Waals surface area contributed by atoms with Crippen LogP contribution in [0.4, 0.5) is 0 Å². The van der Waals surface area contributed by atoms with Gasteiger partial charge in [-0.1, -0.05) is 18.9 Å². The highest BCUT2D eigenvalue weighted by atomic mass is 35.7. The lowest BCUT2D eigenvalue weighted by Gasteiger charge is -2.25. The van der Waals surface area contributed by atoms with Crippen LogP contribution in [-0.4, -0.2) is 32.3 Å². The summed E-state index contributed by atoms with van der Waals surface area (Å²) in [5, 5.41) is 0. The number of amides is 1. The van der Waals surface area contributed by atoms with Gasteiger partial charge in [-0.25, -0.2) is 8.42 Å². The minimum Gasteiger partial charge on any atom is -0.339 e. The Balaban J connectivity index is 2.33. The summed E-state index contributed by atoms with van der Waals surface area (Å²) in [5.74, 6) is -0.142. The van der Waals surface area contributed by atoms with Crippen molar-refractivity contribution in [1.82, 2.24) is 4.90 Å². The van der Waals surface area contributed by atoms with Crippen LogP contribution in [0.5, 0.6) is 0 Å². The minimum atomic E-state index is -3.82. The Hall–Kier alpha value is -1.07. The topological polar surface area (TPSA) is 54.5 Å². The quantitative estimate of drug-likeness (QED) is 0.806. The molecule has 0 heterocycles. The van der Waals surface area contributed by atoms with Crippen molar-refractivity contribution in [2.45, 2.75) is 43.5 Å². The second-order valence-corrected chi connectivity index (χ2v) is 7.83. The van der Waals surface area contributed by atoms with E-state index in [0.717, 1.165) is 31.2 Å². The Morgan fingerprint density at radius 1 is 1.30 bits per heavy atom. The molecule has 6 heteroatoms. The fourth-order valence-corrected chi connectivity index (χ4v) is 3.41. The summed E-state index contributed by atoms with van der Waals surface area (Å²) in [7, 11) is 3.30. The van der Waals surface area contributed by atoms with Crippen LogP contribution < -0.4 is 0 Å². The number of carbonyl (C=O) groups is 1. The molecule has 0 atom stereocenters. The summed E-state index contributed by atoms with van der Waals surface area (Å²) in [4.78, 5) is 14.2. The van der Waals surface area contributed by atoms with Gasteiger partial charge < -0.3 is 4.90 Å². The van der Waals surface area contributed by atoms with E-state index in [1.165, 1.54) is 12.1 Å². The molecule has 1 aromatic carbocycles. The molecule has 0 aromatic heterocycles. The fourth-order valence-electron chi connectivity index (χ4n) is 2.63. The van der Waals surface area contributed by atoms with Gasteiger partial charge in [-0.15, -0.1) is 0 Å². The van der Waals surface area contributed by atoms with Gasteiger partial charge >= 0.3 is 0 Å². The molecule has 0 bridgehead atoms. The van der Waals surface area contributed by atoms with Crippen molar-refractivity contribution in [3.63, 3.8) is 0 Å². The van der Waals surface area contributed by atoms with E-state index in [4.69, 9.17) is 10.7 Å². The highest BCUT2D eigenvalue weighted by Gasteiger charge is 2.26. The SMILES string of the molecule is Cc1ccc(S(=O)(=O)Cl)cc1C(=O)N(C)C1CCCC1. The first-order chi connectivity index (χ1) is 9.30. The Morgan fingerprint density at radius 2 is 1.90 bits per heavy atom. The van der Waals surface area contributed by atoms with E-state index in [-0.39, 0.29) is 16.8 Å². The third kappa shape index (κ3) is 3.15. The molecule has 1 amide bonds. The highest BCUT2D eigenvalue weighted by molar-refractivity contribution is 8.13. The number of hydrogen-bond acceptors (Lipinski definition) is 3. The standard InChI is InChI=1S/C14H18ClNO3S/c1-10-7-8-12(20(15,18)19)9-13(10)14(17)16(2)11-5-3-4-6-11/h7-9,11H,3-6H2,1-2H3. The average Bonchev–Trinajstić information content (AvgIpc) is 2.90. The van der Waals surface area contributed by atoms with Crippen LogP contribution in [0.3, 0.4) is 0 Å². The normalized spacial score (nSPS) is 16.4. The maximum absolute atomic E-state index is 12.5. The lowest BCUT2D eigenvalue weighted by molar-refractivity contribution is 0.0734. The molecule has 1 fully saturated rings. The molecule has 20 heavy (non-hydrogen) atoms. The van der Waals surface area contributed by atoms with Crippen molar-refractivity contribution in [2.75, 3.05) is 7.05 Å². The van der Waals surface area contributed by atoms with Crippen LogP contribution >= 0.6 is 10.7 Å². The van der Waals surface area contributed by atoms with Crippen LogP contribution in [0, 0.1) is 6.92 Å². The van der Waals surface area contributed by atoms with E-state index >= 15 is 0 Å². The predicted molar refractivity (Wildman–Crippen MR) is 78.6 cm³/mol. The van der Waals surface area contributed by atoms with E-state index in [2.05, 4.69) is 0 Å². The molecule has 0 saturated heterocycles. The molecule has 4 nitrogen and oxygen atoms in total. The first-order valence-electron chi connectivity index (χ1n) is 6.63. The van der Waals surface area contributed by atoms with E-state index < -0.39 is 9.05 Å². The maximum atomic E-state index is 12.5. The van der Waals surface area contributed by atoms with Gasteiger partial charge in [0, 0.05) is 29.3 Å². The number of benzene rings is 1. The van der Waals surface area contributed by atoms with Crippen molar-refractivity contribution in [3.05, 3.63) is 29.3 Å². The second kappa shape index (κ2) is 5.74. The van der Waals surface area contributed by atoms with Crippen LogP contribution in [-0.2, 0) is 9.05 Å². The largest absolute Gasteiger partial charge is 0.339 e. The van der Waals surface area contributed by atoms with Crippen molar-refractivity contribution >= 4 is 25.6 Å². The summed E-state index contributed by atoms with van der Waals surface area (Å²) in [5.41, 5.74) is 1.16. The molecule has 0 aliphatic heterocycles. The van der Waals surface area contributed by atoms with Crippen molar-refractivity contribution in [1.29, 1.82) is 0 Å². The van der Waals surface area contributed by atoms with Gasteiger partial charge in [0.25, 0.3) is 15.0 Å². The van der Waals surface area contributed by atoms with E-state index in [9.17, 15) is 13.2 Å². The molecule has 1 saturated carbocycles. The number of carbonyl (C=O) groups excluding carboxylic acids is 1. The number of nitrogens with zero attached hydrogens (tertiary/aromatic N) is 1. The summed E-state index contributed by atoms with van der Waals surface area (Å²) < 4.78 is 22.8. The third-order valence-corrected chi connectivity index (χ3v) is 5.27. The molecular weight excluding hydrogens is 298 g/mol. The Kier molecular flexibility index (Phi) is 4.39. The van der Waals surface area contributed by atoms with Gasteiger partial charge in [-0.05, 0) is 37.5 Å². The zero-order chi connectivity index (χ0) is 14.9.